The van der Waals surface area contributed by atoms with Crippen LogP contribution in [-0.2, 0) is 4.79 Å². The van der Waals surface area contributed by atoms with Gasteiger partial charge >= 0.3 is 0 Å². The molecule has 1 aromatic carbocycles. The molecular weight excluding hydrogens is 376 g/mol. The van der Waals surface area contributed by atoms with Crippen molar-refractivity contribution in [3.05, 3.63) is 46.6 Å². The van der Waals surface area contributed by atoms with Crippen LogP contribution in [0.3, 0.4) is 0 Å². The van der Waals surface area contributed by atoms with Crippen molar-refractivity contribution < 1.29 is 23.9 Å². The van der Waals surface area contributed by atoms with Crippen LogP contribution >= 0.6 is 11.8 Å². The van der Waals surface area contributed by atoms with Crippen LogP contribution in [-0.4, -0.2) is 36.2 Å². The lowest BCUT2D eigenvalue weighted by Gasteiger charge is -2.24. The van der Waals surface area contributed by atoms with Gasteiger partial charge in [-0.15, -0.1) is 0 Å². The summed E-state index contributed by atoms with van der Waals surface area (Å²) in [5, 5.41) is -0.409. The zero-order valence-electron chi connectivity index (χ0n) is 17.0. The summed E-state index contributed by atoms with van der Waals surface area (Å²) in [4.78, 5) is 38.5. The minimum absolute atomic E-state index is 0.0132. The summed E-state index contributed by atoms with van der Waals surface area (Å²) in [6.07, 6.45) is 4.99. The molecule has 0 saturated carbocycles. The fourth-order valence-corrected chi connectivity index (χ4v) is 4.17. The lowest BCUT2D eigenvalue weighted by molar-refractivity contribution is -0.111. The Balaban J connectivity index is 2.52. The van der Waals surface area contributed by atoms with Crippen molar-refractivity contribution in [2.75, 3.05) is 14.2 Å². The van der Waals surface area contributed by atoms with Gasteiger partial charge in [0.15, 0.2) is 16.7 Å². The van der Waals surface area contributed by atoms with E-state index in [1.165, 1.54) is 20.3 Å². The normalized spacial score (nSPS) is 14.1. The highest BCUT2D eigenvalue weighted by atomic mass is 32.2. The molecule has 0 aliphatic heterocycles. The van der Waals surface area contributed by atoms with Gasteiger partial charge in [-0.3, -0.25) is 14.4 Å². The maximum absolute atomic E-state index is 13.3. The van der Waals surface area contributed by atoms with Crippen LogP contribution in [0.5, 0.6) is 11.5 Å². The molecule has 150 valence electrons. The molecule has 0 aromatic heterocycles. The summed E-state index contributed by atoms with van der Waals surface area (Å²) >= 11 is 1.12. The van der Waals surface area contributed by atoms with Gasteiger partial charge in [-0.2, -0.15) is 0 Å². The lowest BCUT2D eigenvalue weighted by Crippen LogP contribution is -2.25. The van der Waals surface area contributed by atoms with E-state index in [4.69, 9.17) is 9.47 Å². The molecule has 2 rings (SSSR count). The Labute approximate surface area is 170 Å². The Morgan fingerprint density at radius 2 is 1.71 bits per heavy atom. The lowest BCUT2D eigenvalue weighted by atomic mass is 9.86. The molecule has 0 spiro atoms. The SMILES string of the molecule is CCCC(=O)SC(CC=C(C)C)C1=CC(=O)c2c(OC)ccc(OC)c2C1=O. The number of rotatable bonds is 8. The number of allylic oxidation sites excluding steroid dienone is 3. The van der Waals surface area contributed by atoms with Crippen molar-refractivity contribution in [2.24, 2.45) is 0 Å². The first kappa shape index (κ1) is 22.0. The summed E-state index contributed by atoms with van der Waals surface area (Å²) in [7, 11) is 2.91. The number of Topliss-reactive ketones (excluding diaryl/α,β-unsaturated/α-hetero) is 1. The van der Waals surface area contributed by atoms with Gasteiger partial charge in [-0.1, -0.05) is 30.3 Å². The second-order valence-electron chi connectivity index (χ2n) is 6.76. The van der Waals surface area contributed by atoms with Crippen LogP contribution in [0.4, 0.5) is 0 Å². The second kappa shape index (κ2) is 9.73. The Kier molecular flexibility index (Phi) is 7.63. The minimum atomic E-state index is -0.422. The van der Waals surface area contributed by atoms with Crippen molar-refractivity contribution in [2.45, 2.75) is 45.3 Å². The predicted molar refractivity (Wildman–Crippen MR) is 112 cm³/mol. The van der Waals surface area contributed by atoms with Crippen molar-refractivity contribution in [3.8, 4) is 11.5 Å². The quantitative estimate of drug-likeness (QED) is 0.582. The third-order valence-electron chi connectivity index (χ3n) is 4.41. The molecule has 5 nitrogen and oxygen atoms in total. The summed E-state index contributed by atoms with van der Waals surface area (Å²) < 4.78 is 10.6. The molecule has 6 heteroatoms. The summed E-state index contributed by atoms with van der Waals surface area (Å²) in [6.45, 7) is 5.85. The number of methoxy groups -OCH3 is 2. The topological polar surface area (TPSA) is 69.7 Å². The van der Waals surface area contributed by atoms with Crippen molar-refractivity contribution in [3.63, 3.8) is 0 Å². The van der Waals surface area contributed by atoms with Crippen LogP contribution in [0.15, 0.2) is 35.4 Å². The average Bonchev–Trinajstić information content (AvgIpc) is 2.66. The highest BCUT2D eigenvalue weighted by molar-refractivity contribution is 8.14. The maximum atomic E-state index is 13.3. The summed E-state index contributed by atoms with van der Waals surface area (Å²) in [5.41, 5.74) is 1.83. The van der Waals surface area contributed by atoms with Crippen molar-refractivity contribution in [1.29, 1.82) is 0 Å². The van der Waals surface area contributed by atoms with E-state index in [-0.39, 0.29) is 27.8 Å². The molecular formula is C22H26O5S. The predicted octanol–water partition coefficient (Wildman–Crippen LogP) is 4.79. The third kappa shape index (κ3) is 4.73. The number of ether oxygens (including phenoxy) is 2. The average molecular weight is 403 g/mol. The van der Waals surface area contributed by atoms with Gasteiger partial charge < -0.3 is 9.47 Å². The maximum Gasteiger partial charge on any atom is 0.194 e. The van der Waals surface area contributed by atoms with Crippen LogP contribution in [0.2, 0.25) is 0 Å². The molecule has 0 radical (unpaired) electrons. The molecule has 0 N–H and O–H groups in total. The van der Waals surface area contributed by atoms with E-state index in [0.29, 0.717) is 29.9 Å². The van der Waals surface area contributed by atoms with Gasteiger partial charge in [0.2, 0.25) is 0 Å². The molecule has 1 aliphatic rings. The minimum Gasteiger partial charge on any atom is -0.496 e. The zero-order valence-corrected chi connectivity index (χ0v) is 17.8. The van der Waals surface area contributed by atoms with E-state index in [9.17, 15) is 14.4 Å². The second-order valence-corrected chi connectivity index (χ2v) is 8.02. The molecule has 0 heterocycles. The molecule has 28 heavy (non-hydrogen) atoms. The van der Waals surface area contributed by atoms with Gasteiger partial charge in [0.05, 0.1) is 25.3 Å². The zero-order chi connectivity index (χ0) is 20.8. The first-order chi connectivity index (χ1) is 13.3. The Bertz CT molecular complexity index is 847. The molecule has 0 saturated heterocycles. The molecule has 0 fully saturated rings. The van der Waals surface area contributed by atoms with E-state index in [1.807, 2.05) is 26.8 Å². The molecule has 1 aliphatic carbocycles. The van der Waals surface area contributed by atoms with E-state index < -0.39 is 5.25 Å². The van der Waals surface area contributed by atoms with E-state index in [0.717, 1.165) is 23.8 Å². The Morgan fingerprint density at radius 3 is 2.25 bits per heavy atom. The highest BCUT2D eigenvalue weighted by Gasteiger charge is 2.35. The third-order valence-corrected chi connectivity index (χ3v) is 5.60. The molecule has 0 bridgehead atoms. The fraction of sp³-hybridized carbons (Fsp3) is 0.409. The number of fused-ring (bicyclic) bond motifs is 1. The number of carbonyl (C=O) groups excluding carboxylic acids is 3. The number of carbonyl (C=O) groups is 3. The van der Waals surface area contributed by atoms with Crippen LogP contribution in [0.1, 0.15) is 60.7 Å². The summed E-state index contributed by atoms with van der Waals surface area (Å²) in [5.74, 6) is 0.0472. The highest BCUT2D eigenvalue weighted by Crippen LogP contribution is 2.39. The van der Waals surface area contributed by atoms with E-state index in [1.54, 1.807) is 12.1 Å². The van der Waals surface area contributed by atoms with Crippen LogP contribution < -0.4 is 9.47 Å². The number of hydrogen-bond acceptors (Lipinski definition) is 6. The number of hydrogen-bond donors (Lipinski definition) is 0. The van der Waals surface area contributed by atoms with Crippen molar-refractivity contribution in [1.82, 2.24) is 0 Å². The van der Waals surface area contributed by atoms with E-state index in [2.05, 4.69) is 0 Å². The van der Waals surface area contributed by atoms with Gasteiger partial charge in [0, 0.05) is 17.2 Å². The van der Waals surface area contributed by atoms with E-state index >= 15 is 0 Å². The monoisotopic (exact) mass is 402 g/mol. The smallest absolute Gasteiger partial charge is 0.194 e. The van der Waals surface area contributed by atoms with Gasteiger partial charge in [-0.05, 0) is 44.9 Å². The molecule has 1 aromatic rings. The van der Waals surface area contributed by atoms with Crippen LogP contribution in [0, 0.1) is 0 Å². The summed E-state index contributed by atoms with van der Waals surface area (Å²) in [6, 6.07) is 3.23. The molecule has 1 atom stereocenters. The molecule has 1 unspecified atom stereocenters. The standard InChI is InChI=1S/C22H26O5S/c1-6-7-19(24)28-18(11-8-13(2)3)14-12-15(23)20-16(26-4)9-10-17(27-5)21(20)22(14)25/h8-10,12,18H,6-7,11H2,1-5H3. The molecule has 0 amide bonds. The Hall–Kier alpha value is -2.34. The number of benzene rings is 1. The first-order valence-electron chi connectivity index (χ1n) is 9.22. The van der Waals surface area contributed by atoms with Crippen molar-refractivity contribution >= 4 is 28.4 Å². The Morgan fingerprint density at radius 1 is 1.11 bits per heavy atom. The fourth-order valence-electron chi connectivity index (χ4n) is 3.04. The van der Waals surface area contributed by atoms with Gasteiger partial charge in [0.25, 0.3) is 0 Å². The number of thioether (sulfide) groups is 1. The largest absolute Gasteiger partial charge is 0.496 e. The van der Waals surface area contributed by atoms with Crippen LogP contribution in [0.25, 0.3) is 0 Å². The van der Waals surface area contributed by atoms with Gasteiger partial charge in [-0.25, -0.2) is 0 Å². The van der Waals surface area contributed by atoms with Gasteiger partial charge in [0.1, 0.15) is 11.5 Å². The first-order valence-corrected chi connectivity index (χ1v) is 10.1. The number of ketones is 2.